The van der Waals surface area contributed by atoms with Gasteiger partial charge in [-0.15, -0.1) is 34.2 Å². The van der Waals surface area contributed by atoms with E-state index in [4.69, 9.17) is 11.6 Å². The zero-order chi connectivity index (χ0) is 18.4. The van der Waals surface area contributed by atoms with E-state index in [-0.39, 0.29) is 24.0 Å². The number of hydrogen-bond acceptors (Lipinski definition) is 3. The molecule has 1 heterocycles. The van der Waals surface area contributed by atoms with Crippen molar-refractivity contribution in [2.24, 2.45) is 4.99 Å². The first kappa shape index (κ1) is 21.2. The number of halogens is 2. The lowest BCUT2D eigenvalue weighted by Crippen LogP contribution is -2.38. The van der Waals surface area contributed by atoms with E-state index in [1.807, 2.05) is 71.1 Å². The standard InChI is InChI=1S/C19H21ClN6.HI/c1-21-19(25(2)13-15-8-6-7-11-17(15)20)22-12-18-24-23-14-26(18)16-9-4-3-5-10-16;/h3-11,14H,12-13H2,1-2H3,(H,21,22);1H. The van der Waals surface area contributed by atoms with Gasteiger partial charge >= 0.3 is 0 Å². The summed E-state index contributed by atoms with van der Waals surface area (Å²) in [6.07, 6.45) is 1.71. The fourth-order valence-electron chi connectivity index (χ4n) is 2.68. The minimum Gasteiger partial charge on any atom is -0.349 e. The van der Waals surface area contributed by atoms with Gasteiger partial charge < -0.3 is 10.2 Å². The third kappa shape index (κ3) is 5.43. The van der Waals surface area contributed by atoms with Crippen molar-refractivity contribution in [2.45, 2.75) is 13.1 Å². The molecule has 1 aromatic heterocycles. The van der Waals surface area contributed by atoms with Crippen molar-refractivity contribution in [3.05, 3.63) is 77.3 Å². The van der Waals surface area contributed by atoms with E-state index < -0.39 is 0 Å². The Balaban J connectivity index is 0.00000261. The average molecular weight is 497 g/mol. The van der Waals surface area contributed by atoms with Crippen LogP contribution in [0.25, 0.3) is 5.69 Å². The van der Waals surface area contributed by atoms with E-state index in [2.05, 4.69) is 20.5 Å². The number of aliphatic imine (C=N–C) groups is 1. The number of nitrogens with zero attached hydrogens (tertiary/aromatic N) is 5. The predicted octanol–water partition coefficient (Wildman–Crippen LogP) is 3.75. The van der Waals surface area contributed by atoms with Crippen molar-refractivity contribution in [1.82, 2.24) is 25.0 Å². The molecule has 0 unspecified atom stereocenters. The molecule has 0 radical (unpaired) electrons. The van der Waals surface area contributed by atoms with Gasteiger partial charge in [0.25, 0.3) is 0 Å². The summed E-state index contributed by atoms with van der Waals surface area (Å²) in [6, 6.07) is 17.8. The molecule has 3 rings (SSSR count). The third-order valence-corrected chi connectivity index (χ3v) is 4.36. The molecule has 0 aliphatic carbocycles. The van der Waals surface area contributed by atoms with E-state index in [9.17, 15) is 0 Å². The second-order valence-electron chi connectivity index (χ2n) is 5.80. The minimum atomic E-state index is 0. The maximum atomic E-state index is 6.25. The molecule has 1 N–H and O–H groups in total. The third-order valence-electron chi connectivity index (χ3n) is 4.00. The Morgan fingerprint density at radius 3 is 2.56 bits per heavy atom. The topological polar surface area (TPSA) is 58.3 Å². The van der Waals surface area contributed by atoms with Crippen LogP contribution in [0.2, 0.25) is 5.02 Å². The van der Waals surface area contributed by atoms with Crippen molar-refractivity contribution >= 4 is 41.5 Å². The number of rotatable bonds is 5. The largest absolute Gasteiger partial charge is 0.349 e. The summed E-state index contributed by atoms with van der Waals surface area (Å²) in [5.74, 6) is 1.57. The molecule has 0 atom stereocenters. The molecule has 0 fully saturated rings. The van der Waals surface area contributed by atoms with Gasteiger partial charge in [-0.3, -0.25) is 9.56 Å². The molecule has 0 bridgehead atoms. The van der Waals surface area contributed by atoms with Gasteiger partial charge in [-0.25, -0.2) is 0 Å². The maximum Gasteiger partial charge on any atom is 0.194 e. The van der Waals surface area contributed by atoms with Crippen LogP contribution in [0.1, 0.15) is 11.4 Å². The zero-order valence-corrected chi connectivity index (χ0v) is 18.3. The smallest absolute Gasteiger partial charge is 0.194 e. The Labute approximate surface area is 181 Å². The van der Waals surface area contributed by atoms with Gasteiger partial charge in [0.2, 0.25) is 0 Å². The van der Waals surface area contributed by atoms with Crippen LogP contribution in [0.3, 0.4) is 0 Å². The fourth-order valence-corrected chi connectivity index (χ4v) is 2.88. The highest BCUT2D eigenvalue weighted by molar-refractivity contribution is 14.0. The van der Waals surface area contributed by atoms with Gasteiger partial charge in [0.15, 0.2) is 11.8 Å². The van der Waals surface area contributed by atoms with Crippen LogP contribution >= 0.6 is 35.6 Å². The maximum absolute atomic E-state index is 6.25. The molecule has 2 aromatic carbocycles. The highest BCUT2D eigenvalue weighted by Crippen LogP contribution is 2.16. The first-order valence-corrected chi connectivity index (χ1v) is 8.66. The lowest BCUT2D eigenvalue weighted by Gasteiger charge is -2.22. The molecule has 6 nitrogen and oxygen atoms in total. The Kier molecular flexibility index (Phi) is 8.05. The van der Waals surface area contributed by atoms with Gasteiger partial charge in [0, 0.05) is 31.4 Å². The number of nitrogens with one attached hydrogen (secondary N) is 1. The summed E-state index contributed by atoms with van der Waals surface area (Å²) in [6.45, 7) is 1.17. The Bertz CT molecular complexity index is 881. The van der Waals surface area contributed by atoms with E-state index in [1.165, 1.54) is 0 Å². The van der Waals surface area contributed by atoms with E-state index in [1.54, 1.807) is 13.4 Å². The van der Waals surface area contributed by atoms with Crippen LogP contribution in [0.5, 0.6) is 0 Å². The molecule has 0 aliphatic heterocycles. The first-order chi connectivity index (χ1) is 12.7. The van der Waals surface area contributed by atoms with Crippen LogP contribution in [-0.4, -0.2) is 39.7 Å². The van der Waals surface area contributed by atoms with Crippen LogP contribution in [-0.2, 0) is 13.1 Å². The van der Waals surface area contributed by atoms with E-state index in [0.29, 0.717) is 13.1 Å². The van der Waals surface area contributed by atoms with Crippen molar-refractivity contribution in [1.29, 1.82) is 0 Å². The van der Waals surface area contributed by atoms with Crippen molar-refractivity contribution in [2.75, 3.05) is 14.1 Å². The van der Waals surface area contributed by atoms with E-state index in [0.717, 1.165) is 28.1 Å². The Hall–Kier alpha value is -2.13. The quantitative estimate of drug-likeness (QED) is 0.332. The second kappa shape index (κ2) is 10.3. The van der Waals surface area contributed by atoms with Crippen molar-refractivity contribution < 1.29 is 0 Å². The summed E-state index contributed by atoms with van der Waals surface area (Å²) in [4.78, 5) is 6.36. The number of aromatic nitrogens is 3. The summed E-state index contributed by atoms with van der Waals surface area (Å²) in [7, 11) is 3.73. The van der Waals surface area contributed by atoms with E-state index >= 15 is 0 Å². The van der Waals surface area contributed by atoms with Gasteiger partial charge in [-0.05, 0) is 23.8 Å². The van der Waals surface area contributed by atoms with Gasteiger partial charge in [-0.1, -0.05) is 48.0 Å². The lowest BCUT2D eigenvalue weighted by molar-refractivity contribution is 0.475. The molecule has 0 saturated heterocycles. The highest BCUT2D eigenvalue weighted by atomic mass is 127. The van der Waals surface area contributed by atoms with Crippen molar-refractivity contribution in [3.63, 3.8) is 0 Å². The summed E-state index contributed by atoms with van der Waals surface area (Å²) in [5.41, 5.74) is 2.07. The molecule has 0 saturated carbocycles. The summed E-state index contributed by atoms with van der Waals surface area (Å²) >= 11 is 6.25. The Morgan fingerprint density at radius 2 is 1.85 bits per heavy atom. The monoisotopic (exact) mass is 496 g/mol. The molecule has 0 amide bonds. The predicted molar refractivity (Wildman–Crippen MR) is 120 cm³/mol. The molecule has 27 heavy (non-hydrogen) atoms. The number of hydrogen-bond donors (Lipinski definition) is 1. The molecule has 8 heteroatoms. The van der Waals surface area contributed by atoms with Crippen LogP contribution in [0.15, 0.2) is 65.9 Å². The molecular formula is C19H22ClIN6. The normalized spacial score (nSPS) is 11.0. The van der Waals surface area contributed by atoms with Gasteiger partial charge in [-0.2, -0.15) is 0 Å². The van der Waals surface area contributed by atoms with Gasteiger partial charge in [0.05, 0.1) is 6.54 Å². The summed E-state index contributed by atoms with van der Waals surface area (Å²) < 4.78 is 1.95. The molecule has 0 spiro atoms. The SMILES string of the molecule is CN=C(NCc1nncn1-c1ccccc1)N(C)Cc1ccccc1Cl.I. The van der Waals surface area contributed by atoms with Crippen LogP contribution in [0, 0.1) is 0 Å². The number of para-hydroxylation sites is 1. The molecule has 0 aliphatic rings. The second-order valence-corrected chi connectivity index (χ2v) is 6.21. The molecular weight excluding hydrogens is 475 g/mol. The average Bonchev–Trinajstić information content (AvgIpc) is 3.13. The van der Waals surface area contributed by atoms with Crippen LogP contribution in [0.4, 0.5) is 0 Å². The molecule has 3 aromatic rings. The highest BCUT2D eigenvalue weighted by Gasteiger charge is 2.11. The van der Waals surface area contributed by atoms with Crippen molar-refractivity contribution in [3.8, 4) is 5.69 Å². The number of guanidine groups is 1. The number of benzene rings is 2. The minimum absolute atomic E-state index is 0. The zero-order valence-electron chi connectivity index (χ0n) is 15.2. The Morgan fingerprint density at radius 1 is 1.15 bits per heavy atom. The lowest BCUT2D eigenvalue weighted by atomic mass is 10.2. The van der Waals surface area contributed by atoms with Crippen LogP contribution < -0.4 is 5.32 Å². The fraction of sp³-hybridized carbons (Fsp3) is 0.211. The summed E-state index contributed by atoms with van der Waals surface area (Å²) in [5, 5.41) is 12.3. The molecule has 142 valence electrons. The van der Waals surface area contributed by atoms with Gasteiger partial charge in [0.1, 0.15) is 6.33 Å². The first-order valence-electron chi connectivity index (χ1n) is 8.28.